The summed E-state index contributed by atoms with van der Waals surface area (Å²) in [7, 11) is 0. The van der Waals surface area contributed by atoms with Gasteiger partial charge in [-0.05, 0) is 49.5 Å². The maximum Gasteiger partial charge on any atom is 0.237 e. The Morgan fingerprint density at radius 2 is 1.84 bits per heavy atom. The van der Waals surface area contributed by atoms with E-state index in [4.69, 9.17) is 11.3 Å². The normalized spacial score (nSPS) is 24.0. The Labute approximate surface area is 113 Å². The average Bonchev–Trinajstić information content (AvgIpc) is 2.86. The predicted octanol–water partition coefficient (Wildman–Crippen LogP) is 2.24. The number of carbonyl (C=O) groups excluding carboxylic acids is 1. The molecule has 19 heavy (non-hydrogen) atoms. The van der Waals surface area contributed by atoms with Crippen molar-refractivity contribution in [2.45, 2.75) is 56.9 Å². The average molecular weight is 265 g/mol. The minimum absolute atomic E-state index is 0.263. The molecule has 0 aromatic carbocycles. The Hall–Kier alpha value is -1.26. The van der Waals surface area contributed by atoms with E-state index < -0.39 is 5.54 Å². The van der Waals surface area contributed by atoms with E-state index in [0.717, 1.165) is 25.7 Å². The number of hydrogen-bond donors (Lipinski definition) is 2. The first kappa shape index (κ1) is 14.2. The van der Waals surface area contributed by atoms with Crippen LogP contribution in [0.1, 0.15) is 51.4 Å². The third kappa shape index (κ3) is 3.01. The van der Waals surface area contributed by atoms with Crippen LogP contribution >= 0.6 is 0 Å². The third-order valence-corrected chi connectivity index (χ3v) is 5.04. The zero-order chi connectivity index (χ0) is 13.8. The lowest BCUT2D eigenvalue weighted by atomic mass is 9.66. The third-order valence-electron chi connectivity index (χ3n) is 5.04. The first-order valence-electron chi connectivity index (χ1n) is 7.18. The van der Waals surface area contributed by atoms with E-state index in [9.17, 15) is 4.79 Å². The molecule has 0 aromatic heterocycles. The Balaban J connectivity index is 1.94. The zero-order valence-corrected chi connectivity index (χ0v) is 11.4. The van der Waals surface area contributed by atoms with E-state index >= 15 is 0 Å². The fraction of sp³-hybridized carbons (Fsp3) is 0.923. The Kier molecular flexibility index (Phi) is 4.32. The molecule has 0 aliphatic heterocycles. The van der Waals surface area contributed by atoms with Gasteiger partial charge < -0.3 is 11.1 Å². The van der Waals surface area contributed by atoms with Gasteiger partial charge in [-0.15, -0.1) is 0 Å². The fourth-order valence-corrected chi connectivity index (χ4v) is 3.73. The van der Waals surface area contributed by atoms with Gasteiger partial charge in [0.25, 0.3) is 0 Å². The van der Waals surface area contributed by atoms with E-state index in [1.807, 2.05) is 0 Å². The van der Waals surface area contributed by atoms with Crippen LogP contribution in [0.2, 0.25) is 0 Å². The number of amides is 1. The summed E-state index contributed by atoms with van der Waals surface area (Å²) in [6, 6.07) is 0. The Bertz CT molecular complexity index is 372. The van der Waals surface area contributed by atoms with Crippen LogP contribution in [-0.2, 0) is 4.79 Å². The lowest BCUT2D eigenvalue weighted by molar-refractivity contribution is -0.126. The summed E-state index contributed by atoms with van der Waals surface area (Å²) in [5.41, 5.74) is 13.7. The Morgan fingerprint density at radius 3 is 2.37 bits per heavy atom. The first-order valence-corrected chi connectivity index (χ1v) is 7.18. The van der Waals surface area contributed by atoms with Gasteiger partial charge in [-0.2, -0.15) is 0 Å². The van der Waals surface area contributed by atoms with Crippen LogP contribution in [-0.4, -0.2) is 24.5 Å². The van der Waals surface area contributed by atoms with Gasteiger partial charge in [-0.1, -0.05) is 18.0 Å². The number of rotatable bonds is 5. The summed E-state index contributed by atoms with van der Waals surface area (Å²) >= 11 is 0. The summed E-state index contributed by atoms with van der Waals surface area (Å²) in [5, 5.41) is 6.72. The number of nitrogens with two attached hydrogens (primary N) is 1. The van der Waals surface area contributed by atoms with Crippen LogP contribution < -0.4 is 11.1 Å². The number of nitrogens with zero attached hydrogens (tertiary/aromatic N) is 3. The smallest absolute Gasteiger partial charge is 0.237 e. The standard InChI is InChI=1S/C13H23N5O/c14-11(19)13(16-9-10-17-18-15)7-5-12(6-8-13)3-1-2-4-12/h16H,1-10H2,(H2,14,19). The van der Waals surface area contributed by atoms with Crippen LogP contribution in [0.4, 0.5) is 0 Å². The molecule has 0 aromatic rings. The summed E-state index contributed by atoms with van der Waals surface area (Å²) < 4.78 is 0. The van der Waals surface area contributed by atoms with Crippen molar-refractivity contribution >= 4 is 5.91 Å². The Morgan fingerprint density at radius 1 is 1.21 bits per heavy atom. The van der Waals surface area contributed by atoms with Gasteiger partial charge in [0.2, 0.25) is 5.91 Å². The van der Waals surface area contributed by atoms with Crippen LogP contribution in [0, 0.1) is 5.41 Å². The molecule has 0 atom stereocenters. The van der Waals surface area contributed by atoms with Gasteiger partial charge >= 0.3 is 0 Å². The van der Waals surface area contributed by atoms with Crippen LogP contribution in [0.15, 0.2) is 5.11 Å². The molecule has 0 bridgehead atoms. The van der Waals surface area contributed by atoms with E-state index in [-0.39, 0.29) is 5.91 Å². The van der Waals surface area contributed by atoms with Crippen molar-refractivity contribution < 1.29 is 4.79 Å². The largest absolute Gasteiger partial charge is 0.368 e. The second kappa shape index (κ2) is 5.80. The maximum atomic E-state index is 11.8. The molecule has 1 amide bonds. The van der Waals surface area contributed by atoms with Crippen molar-refractivity contribution in [2.75, 3.05) is 13.1 Å². The fourth-order valence-electron chi connectivity index (χ4n) is 3.73. The molecule has 6 nitrogen and oxygen atoms in total. The molecule has 0 heterocycles. The van der Waals surface area contributed by atoms with Crippen LogP contribution in [0.3, 0.4) is 0 Å². The highest BCUT2D eigenvalue weighted by Crippen LogP contribution is 2.51. The van der Waals surface area contributed by atoms with E-state index in [1.165, 1.54) is 25.7 Å². The molecule has 6 heteroatoms. The van der Waals surface area contributed by atoms with Gasteiger partial charge in [0.05, 0.1) is 5.54 Å². The van der Waals surface area contributed by atoms with Crippen molar-refractivity contribution in [3.8, 4) is 0 Å². The zero-order valence-electron chi connectivity index (χ0n) is 11.4. The second-order valence-corrected chi connectivity index (χ2v) is 6.03. The lowest BCUT2D eigenvalue weighted by Crippen LogP contribution is -2.58. The molecule has 2 fully saturated rings. The first-order chi connectivity index (χ1) is 9.13. The molecule has 0 saturated heterocycles. The van der Waals surface area contributed by atoms with Gasteiger partial charge in [0.15, 0.2) is 0 Å². The minimum atomic E-state index is -0.585. The van der Waals surface area contributed by atoms with Gasteiger partial charge in [0, 0.05) is 18.0 Å². The molecule has 0 radical (unpaired) electrons. The van der Waals surface area contributed by atoms with Crippen molar-refractivity contribution in [1.29, 1.82) is 0 Å². The van der Waals surface area contributed by atoms with E-state index in [1.54, 1.807) is 0 Å². The number of nitrogens with one attached hydrogen (secondary N) is 1. The number of primary amides is 1. The molecular weight excluding hydrogens is 242 g/mol. The molecular formula is C13H23N5O. The summed E-state index contributed by atoms with van der Waals surface area (Å²) in [4.78, 5) is 14.5. The van der Waals surface area contributed by atoms with Gasteiger partial charge in [0.1, 0.15) is 0 Å². The summed E-state index contributed by atoms with van der Waals surface area (Å²) in [5.74, 6) is -0.263. The molecule has 106 valence electrons. The molecule has 2 aliphatic rings. The predicted molar refractivity (Wildman–Crippen MR) is 73.3 cm³/mol. The highest BCUT2D eigenvalue weighted by molar-refractivity contribution is 5.84. The monoisotopic (exact) mass is 265 g/mol. The molecule has 2 rings (SSSR count). The molecule has 2 aliphatic carbocycles. The molecule has 2 saturated carbocycles. The number of azide groups is 1. The van der Waals surface area contributed by atoms with Gasteiger partial charge in [-0.3, -0.25) is 4.79 Å². The van der Waals surface area contributed by atoms with Crippen molar-refractivity contribution in [3.05, 3.63) is 10.4 Å². The van der Waals surface area contributed by atoms with E-state index in [2.05, 4.69) is 15.3 Å². The SMILES string of the molecule is [N-]=[N+]=NCCNC1(C(N)=O)CCC2(CCCC2)CC1. The minimum Gasteiger partial charge on any atom is -0.368 e. The number of carbonyl (C=O) groups is 1. The number of hydrogen-bond acceptors (Lipinski definition) is 3. The second-order valence-electron chi connectivity index (χ2n) is 6.03. The maximum absolute atomic E-state index is 11.8. The van der Waals surface area contributed by atoms with Crippen molar-refractivity contribution in [2.24, 2.45) is 16.3 Å². The molecule has 1 spiro atoms. The summed E-state index contributed by atoms with van der Waals surface area (Å²) in [6.07, 6.45) is 9.08. The topological polar surface area (TPSA) is 104 Å². The highest BCUT2D eigenvalue weighted by atomic mass is 16.1. The molecule has 0 unspecified atom stereocenters. The van der Waals surface area contributed by atoms with Crippen LogP contribution in [0.5, 0.6) is 0 Å². The van der Waals surface area contributed by atoms with Crippen LogP contribution in [0.25, 0.3) is 10.4 Å². The highest BCUT2D eigenvalue weighted by Gasteiger charge is 2.46. The molecule has 3 N–H and O–H groups in total. The van der Waals surface area contributed by atoms with E-state index in [0.29, 0.717) is 18.5 Å². The van der Waals surface area contributed by atoms with Crippen molar-refractivity contribution in [1.82, 2.24) is 5.32 Å². The van der Waals surface area contributed by atoms with Gasteiger partial charge in [-0.25, -0.2) is 0 Å². The van der Waals surface area contributed by atoms with Crippen molar-refractivity contribution in [3.63, 3.8) is 0 Å². The quantitative estimate of drug-likeness (QED) is 0.344. The summed E-state index contributed by atoms with van der Waals surface area (Å²) in [6.45, 7) is 0.872. The lowest BCUT2D eigenvalue weighted by Gasteiger charge is -2.43.